The molecule has 0 radical (unpaired) electrons. The van der Waals surface area contributed by atoms with Crippen LogP contribution in [-0.4, -0.2) is 48.2 Å². The molecular formula is C15H22FN3O2. The van der Waals surface area contributed by atoms with Crippen molar-refractivity contribution in [3.8, 4) is 0 Å². The van der Waals surface area contributed by atoms with Gasteiger partial charge in [0.2, 0.25) is 0 Å². The van der Waals surface area contributed by atoms with Crippen LogP contribution in [-0.2, 0) is 0 Å². The molecule has 0 spiro atoms. The first-order chi connectivity index (χ1) is 9.95. The molecule has 1 fully saturated rings. The zero-order valence-corrected chi connectivity index (χ0v) is 12.5. The van der Waals surface area contributed by atoms with Gasteiger partial charge < -0.3 is 15.7 Å². The van der Waals surface area contributed by atoms with E-state index in [1.807, 2.05) is 4.90 Å². The van der Waals surface area contributed by atoms with E-state index >= 15 is 0 Å². The summed E-state index contributed by atoms with van der Waals surface area (Å²) in [5.41, 5.74) is 5.68. The number of carboxylic acid groups (broad SMARTS) is 1. The monoisotopic (exact) mass is 295 g/mol. The highest BCUT2D eigenvalue weighted by atomic mass is 19.1. The summed E-state index contributed by atoms with van der Waals surface area (Å²) in [5.74, 6) is -1.87. The van der Waals surface area contributed by atoms with Crippen LogP contribution in [0.5, 0.6) is 0 Å². The third-order valence-corrected chi connectivity index (χ3v) is 4.25. The van der Waals surface area contributed by atoms with Crippen molar-refractivity contribution in [2.45, 2.75) is 26.3 Å². The Morgan fingerprint density at radius 2 is 2.00 bits per heavy atom. The van der Waals surface area contributed by atoms with Crippen LogP contribution in [0.25, 0.3) is 0 Å². The van der Waals surface area contributed by atoms with Gasteiger partial charge >= 0.3 is 5.97 Å². The molecule has 1 atom stereocenters. The van der Waals surface area contributed by atoms with Crippen LogP contribution in [0.1, 0.15) is 30.6 Å². The summed E-state index contributed by atoms with van der Waals surface area (Å²) in [6, 6.07) is 3.26. The molecule has 1 aliphatic rings. The smallest absolute Gasteiger partial charge is 0.340 e. The molecule has 1 saturated heterocycles. The van der Waals surface area contributed by atoms with Gasteiger partial charge in [0, 0.05) is 32.2 Å². The summed E-state index contributed by atoms with van der Waals surface area (Å²) in [7, 11) is 0. The van der Waals surface area contributed by atoms with E-state index < -0.39 is 11.8 Å². The van der Waals surface area contributed by atoms with Crippen LogP contribution in [0.4, 0.5) is 15.8 Å². The molecule has 2 rings (SSSR count). The Bertz CT molecular complexity index is 528. The standard InChI is InChI=1S/C15H22FN3O2/c1-3-10(2)18-6-8-19(9-7-18)12-5-4-11(16)14(17)13(12)15(20)21/h4-5,10H,3,6-9,17H2,1-2H3,(H,20,21). The first kappa shape index (κ1) is 15.6. The van der Waals surface area contributed by atoms with Crippen molar-refractivity contribution < 1.29 is 14.3 Å². The third-order valence-electron chi connectivity index (χ3n) is 4.25. The van der Waals surface area contributed by atoms with E-state index in [0.29, 0.717) is 11.7 Å². The van der Waals surface area contributed by atoms with Crippen molar-refractivity contribution in [3.63, 3.8) is 0 Å². The molecule has 0 aromatic heterocycles. The summed E-state index contributed by atoms with van der Waals surface area (Å²) in [5, 5.41) is 9.30. The second kappa shape index (κ2) is 6.30. The number of benzene rings is 1. The zero-order valence-electron chi connectivity index (χ0n) is 12.5. The molecule has 1 aliphatic heterocycles. The van der Waals surface area contributed by atoms with Crippen molar-refractivity contribution in [2.75, 3.05) is 36.8 Å². The van der Waals surface area contributed by atoms with Gasteiger partial charge in [0.05, 0.1) is 11.4 Å². The van der Waals surface area contributed by atoms with Crippen molar-refractivity contribution in [3.05, 3.63) is 23.5 Å². The van der Waals surface area contributed by atoms with E-state index in [-0.39, 0.29) is 11.3 Å². The number of hydrogen-bond acceptors (Lipinski definition) is 4. The van der Waals surface area contributed by atoms with E-state index in [4.69, 9.17) is 5.73 Å². The SMILES string of the molecule is CCC(C)N1CCN(c2ccc(F)c(N)c2C(=O)O)CC1. The lowest BCUT2D eigenvalue weighted by Gasteiger charge is -2.39. The van der Waals surface area contributed by atoms with Gasteiger partial charge in [-0.15, -0.1) is 0 Å². The lowest BCUT2D eigenvalue weighted by molar-refractivity contribution is 0.0698. The molecule has 0 aliphatic carbocycles. The van der Waals surface area contributed by atoms with Gasteiger partial charge in [-0.3, -0.25) is 4.90 Å². The largest absolute Gasteiger partial charge is 0.478 e. The molecule has 5 nitrogen and oxygen atoms in total. The molecular weight excluding hydrogens is 273 g/mol. The number of nitrogen functional groups attached to an aromatic ring is 1. The van der Waals surface area contributed by atoms with Crippen LogP contribution in [0.15, 0.2) is 12.1 Å². The number of halogens is 1. The van der Waals surface area contributed by atoms with E-state index in [2.05, 4.69) is 18.7 Å². The summed E-state index contributed by atoms with van der Waals surface area (Å²) >= 11 is 0. The number of aromatic carboxylic acids is 1. The molecule has 1 aromatic rings. The minimum absolute atomic E-state index is 0.132. The second-order valence-electron chi connectivity index (χ2n) is 5.44. The van der Waals surface area contributed by atoms with Crippen LogP contribution >= 0.6 is 0 Å². The van der Waals surface area contributed by atoms with Crippen LogP contribution < -0.4 is 10.6 Å². The Kier molecular flexibility index (Phi) is 4.67. The van der Waals surface area contributed by atoms with Crippen LogP contribution in [0.2, 0.25) is 0 Å². The molecule has 21 heavy (non-hydrogen) atoms. The Morgan fingerprint density at radius 3 is 2.52 bits per heavy atom. The average Bonchev–Trinajstić information content (AvgIpc) is 2.48. The lowest BCUT2D eigenvalue weighted by atomic mass is 10.1. The molecule has 116 valence electrons. The molecule has 3 N–H and O–H groups in total. The van der Waals surface area contributed by atoms with Gasteiger partial charge in [0.15, 0.2) is 0 Å². The predicted molar refractivity (Wildman–Crippen MR) is 81.3 cm³/mol. The molecule has 0 bridgehead atoms. The third kappa shape index (κ3) is 3.10. The molecule has 6 heteroatoms. The van der Waals surface area contributed by atoms with Crippen molar-refractivity contribution in [1.29, 1.82) is 0 Å². The van der Waals surface area contributed by atoms with E-state index in [1.165, 1.54) is 12.1 Å². The van der Waals surface area contributed by atoms with Gasteiger partial charge in [0.25, 0.3) is 0 Å². The highest BCUT2D eigenvalue weighted by molar-refractivity contribution is 6.00. The lowest BCUT2D eigenvalue weighted by Crippen LogP contribution is -2.49. The normalized spacial score (nSPS) is 17.8. The number of rotatable bonds is 4. The molecule has 0 amide bonds. The number of hydrogen-bond donors (Lipinski definition) is 2. The van der Waals surface area contributed by atoms with Gasteiger partial charge in [-0.2, -0.15) is 0 Å². The fraction of sp³-hybridized carbons (Fsp3) is 0.533. The number of anilines is 2. The number of carboxylic acids is 1. The van der Waals surface area contributed by atoms with Crippen LogP contribution in [0.3, 0.4) is 0 Å². The molecule has 1 unspecified atom stereocenters. The van der Waals surface area contributed by atoms with Crippen molar-refractivity contribution in [1.82, 2.24) is 4.90 Å². The minimum atomic E-state index is -1.19. The molecule has 1 heterocycles. The van der Waals surface area contributed by atoms with Gasteiger partial charge in [-0.05, 0) is 25.5 Å². The van der Waals surface area contributed by atoms with Crippen molar-refractivity contribution in [2.24, 2.45) is 0 Å². The second-order valence-corrected chi connectivity index (χ2v) is 5.44. The van der Waals surface area contributed by atoms with Crippen LogP contribution in [0, 0.1) is 5.82 Å². The summed E-state index contributed by atoms with van der Waals surface area (Å²) in [6.45, 7) is 7.51. The number of piperazine rings is 1. The topological polar surface area (TPSA) is 69.8 Å². The fourth-order valence-corrected chi connectivity index (χ4v) is 2.73. The summed E-state index contributed by atoms with van der Waals surface area (Å²) in [4.78, 5) is 15.7. The van der Waals surface area contributed by atoms with E-state index in [9.17, 15) is 14.3 Å². The quantitative estimate of drug-likeness (QED) is 0.832. The maximum Gasteiger partial charge on any atom is 0.340 e. The molecule has 1 aromatic carbocycles. The number of nitrogens with zero attached hydrogens (tertiary/aromatic N) is 2. The Hall–Kier alpha value is -1.82. The Labute approximate surface area is 124 Å². The Balaban J connectivity index is 2.21. The summed E-state index contributed by atoms with van der Waals surface area (Å²) in [6.07, 6.45) is 1.09. The Morgan fingerprint density at radius 1 is 1.38 bits per heavy atom. The zero-order chi connectivity index (χ0) is 15.6. The van der Waals surface area contributed by atoms with E-state index in [1.54, 1.807) is 0 Å². The van der Waals surface area contributed by atoms with Gasteiger partial charge in [-0.1, -0.05) is 6.92 Å². The first-order valence-corrected chi connectivity index (χ1v) is 7.26. The first-order valence-electron chi connectivity index (χ1n) is 7.26. The predicted octanol–water partition coefficient (Wildman–Crippen LogP) is 2.03. The maximum atomic E-state index is 13.5. The average molecular weight is 295 g/mol. The van der Waals surface area contributed by atoms with Gasteiger partial charge in [0.1, 0.15) is 11.4 Å². The fourth-order valence-electron chi connectivity index (χ4n) is 2.73. The maximum absolute atomic E-state index is 13.5. The highest BCUT2D eigenvalue weighted by Gasteiger charge is 2.25. The van der Waals surface area contributed by atoms with E-state index in [0.717, 1.165) is 32.6 Å². The summed E-state index contributed by atoms with van der Waals surface area (Å²) < 4.78 is 13.5. The minimum Gasteiger partial charge on any atom is -0.478 e. The number of nitrogens with two attached hydrogens (primary N) is 1. The number of carbonyl (C=O) groups is 1. The van der Waals surface area contributed by atoms with Gasteiger partial charge in [-0.25, -0.2) is 9.18 Å². The highest BCUT2D eigenvalue weighted by Crippen LogP contribution is 2.29. The molecule has 0 saturated carbocycles. The van der Waals surface area contributed by atoms with Crippen molar-refractivity contribution >= 4 is 17.3 Å².